The minimum absolute atomic E-state index is 0.544. The summed E-state index contributed by atoms with van der Waals surface area (Å²) in [5, 5.41) is 10.7. The van der Waals surface area contributed by atoms with Crippen molar-refractivity contribution in [1.29, 1.82) is 5.26 Å². The highest BCUT2D eigenvalue weighted by molar-refractivity contribution is 5.87. The molecule has 2 atom stereocenters. The Kier molecular flexibility index (Phi) is 3.82. The number of hydrogen-bond acceptors (Lipinski definition) is 1. The minimum Gasteiger partial charge on any atom is -0.334 e. The van der Waals surface area contributed by atoms with Gasteiger partial charge in [0.1, 0.15) is 12.1 Å². The average molecular weight is 334 g/mol. The van der Waals surface area contributed by atoms with Gasteiger partial charge in [-0.15, -0.1) is 0 Å². The van der Waals surface area contributed by atoms with E-state index in [9.17, 15) is 5.26 Å². The van der Waals surface area contributed by atoms with E-state index in [0.29, 0.717) is 12.6 Å². The van der Waals surface area contributed by atoms with E-state index < -0.39 is 0 Å². The van der Waals surface area contributed by atoms with Gasteiger partial charge in [0, 0.05) is 17.3 Å². The Morgan fingerprint density at radius 3 is 2.84 bits per heavy atom. The number of nitriles is 1. The van der Waals surface area contributed by atoms with E-state index in [0.717, 1.165) is 19.0 Å². The molecule has 0 saturated heterocycles. The molecule has 1 aliphatic heterocycles. The Bertz CT molecular complexity index is 835. The lowest BCUT2D eigenvalue weighted by Gasteiger charge is -2.35. The minimum atomic E-state index is 0.544. The number of hydrogen-bond donors (Lipinski definition) is 1. The molecule has 2 heterocycles. The summed E-state index contributed by atoms with van der Waals surface area (Å²) in [5.74, 6) is 0.780. The van der Waals surface area contributed by atoms with Crippen molar-refractivity contribution >= 4 is 10.9 Å². The first-order valence-electron chi connectivity index (χ1n) is 10.2. The SMILES string of the molecule is N#CC[NH+]1CCn2c3c(c4cc(C5CCCCC5)ccc42)CCC[C@@H]31. The maximum absolute atomic E-state index is 9.21. The molecule has 0 amide bonds. The summed E-state index contributed by atoms with van der Waals surface area (Å²) in [6, 6.07) is 10.3. The van der Waals surface area contributed by atoms with Crippen molar-refractivity contribution < 1.29 is 4.90 Å². The molecule has 0 spiro atoms. The third kappa shape index (κ3) is 2.42. The van der Waals surface area contributed by atoms with Gasteiger partial charge in [-0.05, 0) is 54.9 Å². The summed E-state index contributed by atoms with van der Waals surface area (Å²) in [6.07, 6.45) is 10.7. The van der Waals surface area contributed by atoms with Crippen LogP contribution in [0.1, 0.15) is 73.7 Å². The highest BCUT2D eigenvalue weighted by atomic mass is 15.2. The second-order valence-electron chi connectivity index (χ2n) is 8.31. The van der Waals surface area contributed by atoms with Crippen molar-refractivity contribution in [2.24, 2.45) is 0 Å². The Morgan fingerprint density at radius 1 is 1.12 bits per heavy atom. The number of benzene rings is 1. The van der Waals surface area contributed by atoms with E-state index >= 15 is 0 Å². The molecule has 1 saturated carbocycles. The Labute approximate surface area is 150 Å². The molecule has 3 heteroatoms. The van der Waals surface area contributed by atoms with Gasteiger partial charge in [0.15, 0.2) is 6.54 Å². The van der Waals surface area contributed by atoms with Crippen LogP contribution >= 0.6 is 0 Å². The summed E-state index contributed by atoms with van der Waals surface area (Å²) >= 11 is 0. The van der Waals surface area contributed by atoms with Crippen molar-refractivity contribution in [3.8, 4) is 6.07 Å². The largest absolute Gasteiger partial charge is 0.334 e. The molecule has 1 aromatic carbocycles. The van der Waals surface area contributed by atoms with E-state index in [2.05, 4.69) is 28.8 Å². The van der Waals surface area contributed by atoms with Crippen molar-refractivity contribution in [1.82, 2.24) is 4.57 Å². The third-order valence-corrected chi connectivity index (χ3v) is 7.02. The van der Waals surface area contributed by atoms with Crippen LogP contribution in [-0.2, 0) is 13.0 Å². The van der Waals surface area contributed by atoms with Crippen molar-refractivity contribution in [2.45, 2.75) is 69.9 Å². The van der Waals surface area contributed by atoms with Crippen LogP contribution in [0.3, 0.4) is 0 Å². The van der Waals surface area contributed by atoms with Gasteiger partial charge in [-0.1, -0.05) is 25.3 Å². The van der Waals surface area contributed by atoms with Gasteiger partial charge in [0.2, 0.25) is 0 Å². The fourth-order valence-corrected chi connectivity index (χ4v) is 5.81. The maximum Gasteiger partial charge on any atom is 0.165 e. The molecule has 3 nitrogen and oxygen atoms in total. The number of fused-ring (bicyclic) bond motifs is 3. The summed E-state index contributed by atoms with van der Waals surface area (Å²) < 4.78 is 2.60. The molecule has 1 fully saturated rings. The zero-order valence-electron chi connectivity index (χ0n) is 15.1. The average Bonchev–Trinajstić information content (AvgIpc) is 3.00. The predicted octanol–water partition coefficient (Wildman–Crippen LogP) is 3.49. The van der Waals surface area contributed by atoms with Crippen LogP contribution in [0.15, 0.2) is 18.2 Å². The first-order valence-corrected chi connectivity index (χ1v) is 10.2. The lowest BCUT2D eigenvalue weighted by molar-refractivity contribution is -0.930. The quantitative estimate of drug-likeness (QED) is 0.838. The van der Waals surface area contributed by atoms with Gasteiger partial charge in [-0.3, -0.25) is 0 Å². The second kappa shape index (κ2) is 6.18. The Hall–Kier alpha value is -1.79. The summed E-state index contributed by atoms with van der Waals surface area (Å²) in [7, 11) is 0. The third-order valence-electron chi connectivity index (χ3n) is 7.02. The van der Waals surface area contributed by atoms with E-state index in [4.69, 9.17) is 0 Å². The molecule has 0 radical (unpaired) electrons. The van der Waals surface area contributed by atoms with E-state index in [1.54, 1.807) is 16.8 Å². The highest BCUT2D eigenvalue weighted by Crippen LogP contribution is 2.40. The molecule has 1 N–H and O–H groups in total. The first kappa shape index (κ1) is 15.5. The molecule has 1 aromatic heterocycles. The first-order chi connectivity index (χ1) is 12.4. The van der Waals surface area contributed by atoms with Gasteiger partial charge in [-0.2, -0.15) is 5.26 Å². The highest BCUT2D eigenvalue weighted by Gasteiger charge is 2.37. The number of aromatic nitrogens is 1. The summed E-state index contributed by atoms with van der Waals surface area (Å²) in [4.78, 5) is 1.49. The van der Waals surface area contributed by atoms with E-state index in [1.807, 2.05) is 0 Å². The van der Waals surface area contributed by atoms with Crippen LogP contribution in [0.5, 0.6) is 0 Å². The smallest absolute Gasteiger partial charge is 0.165 e. The summed E-state index contributed by atoms with van der Waals surface area (Å²) in [6.45, 7) is 2.82. The van der Waals surface area contributed by atoms with Gasteiger partial charge in [-0.25, -0.2) is 0 Å². The van der Waals surface area contributed by atoms with Gasteiger partial charge in [0.05, 0.1) is 18.8 Å². The van der Waals surface area contributed by atoms with Gasteiger partial charge in [0.25, 0.3) is 0 Å². The van der Waals surface area contributed by atoms with Crippen molar-refractivity contribution in [2.75, 3.05) is 13.1 Å². The molecule has 25 heavy (non-hydrogen) atoms. The van der Waals surface area contributed by atoms with E-state index in [1.165, 1.54) is 67.2 Å². The number of nitrogens with one attached hydrogen (secondary N) is 1. The van der Waals surface area contributed by atoms with Crippen molar-refractivity contribution in [3.63, 3.8) is 0 Å². The number of quaternary nitrogens is 1. The zero-order chi connectivity index (χ0) is 16.8. The van der Waals surface area contributed by atoms with Crippen LogP contribution in [0.4, 0.5) is 0 Å². The van der Waals surface area contributed by atoms with Crippen molar-refractivity contribution in [3.05, 3.63) is 35.0 Å². The number of rotatable bonds is 2. The zero-order valence-corrected chi connectivity index (χ0v) is 15.1. The van der Waals surface area contributed by atoms with Crippen LogP contribution in [-0.4, -0.2) is 17.7 Å². The molecular formula is C22H28N3+. The molecule has 1 unspecified atom stereocenters. The van der Waals surface area contributed by atoms with Crippen LogP contribution in [0, 0.1) is 11.3 Å². The van der Waals surface area contributed by atoms with Gasteiger partial charge >= 0.3 is 0 Å². The monoisotopic (exact) mass is 334 g/mol. The van der Waals surface area contributed by atoms with Crippen LogP contribution in [0.25, 0.3) is 10.9 Å². The predicted molar refractivity (Wildman–Crippen MR) is 99.8 cm³/mol. The fourth-order valence-electron chi connectivity index (χ4n) is 5.81. The standard InChI is InChI=1S/C22H27N3/c23-11-12-24-13-14-25-20-10-9-17(16-5-2-1-3-6-16)15-19(20)18-7-4-8-21(24)22(18)25/h9-10,15-16,21H,1-8,12-14H2/p+1/t21-/m0/s1. The molecule has 2 aliphatic carbocycles. The second-order valence-corrected chi connectivity index (χ2v) is 8.31. The molecule has 0 bridgehead atoms. The normalized spacial score (nSPS) is 26.4. The lowest BCUT2D eigenvalue weighted by atomic mass is 9.83. The molecule has 130 valence electrons. The van der Waals surface area contributed by atoms with Crippen LogP contribution in [0.2, 0.25) is 0 Å². The Morgan fingerprint density at radius 2 is 2.00 bits per heavy atom. The molecule has 3 aliphatic rings. The number of aryl methyl sites for hydroxylation is 1. The topological polar surface area (TPSA) is 33.2 Å². The number of nitrogens with zero attached hydrogens (tertiary/aromatic N) is 2. The lowest BCUT2D eigenvalue weighted by Crippen LogP contribution is -3.13. The summed E-state index contributed by atoms with van der Waals surface area (Å²) in [5.41, 5.74) is 6.21. The van der Waals surface area contributed by atoms with Crippen LogP contribution < -0.4 is 4.90 Å². The van der Waals surface area contributed by atoms with E-state index in [-0.39, 0.29) is 0 Å². The van der Waals surface area contributed by atoms with Gasteiger partial charge < -0.3 is 9.47 Å². The molecule has 5 rings (SSSR count). The Balaban J connectivity index is 1.61. The fraction of sp³-hybridized carbons (Fsp3) is 0.591. The molecule has 2 aromatic rings. The molecular weight excluding hydrogens is 306 g/mol. The maximum atomic E-state index is 9.21.